The third kappa shape index (κ3) is 2.75. The molecule has 2 N–H and O–H groups in total. The topological polar surface area (TPSA) is 125 Å². The van der Waals surface area contributed by atoms with Gasteiger partial charge in [0.15, 0.2) is 5.92 Å². The molecule has 1 aliphatic heterocycles. The van der Waals surface area contributed by atoms with Crippen molar-refractivity contribution in [1.29, 1.82) is 0 Å². The SMILES string of the molecule is COc1cccc(OC)c1-c1[nH]c(=O)[nH]c1C1C(=O)N(C)C(=O)N(C)C1=O. The molecule has 2 aromatic rings. The van der Waals surface area contributed by atoms with E-state index in [0.29, 0.717) is 17.1 Å². The number of aromatic nitrogens is 2. The number of carbonyl (C=O) groups is 3. The minimum Gasteiger partial charge on any atom is -0.496 e. The Kier molecular flexibility index (Phi) is 4.48. The zero-order valence-corrected chi connectivity index (χ0v) is 15.2. The lowest BCUT2D eigenvalue weighted by molar-refractivity contribution is -0.143. The first-order valence-corrected chi connectivity index (χ1v) is 7.94. The minimum absolute atomic E-state index is 0.0315. The van der Waals surface area contributed by atoms with E-state index in [9.17, 15) is 19.2 Å². The second-order valence-corrected chi connectivity index (χ2v) is 5.92. The average Bonchev–Trinajstić information content (AvgIpc) is 3.04. The molecule has 0 atom stereocenters. The number of hydrogen-bond acceptors (Lipinski definition) is 6. The molecule has 1 aromatic heterocycles. The van der Waals surface area contributed by atoms with Crippen molar-refractivity contribution < 1.29 is 23.9 Å². The highest BCUT2D eigenvalue weighted by atomic mass is 16.5. The van der Waals surface area contributed by atoms with Gasteiger partial charge in [-0.1, -0.05) is 6.07 Å². The van der Waals surface area contributed by atoms with E-state index < -0.39 is 29.5 Å². The molecule has 1 aromatic carbocycles. The molecule has 4 amide bonds. The molecule has 10 heteroatoms. The first-order chi connectivity index (χ1) is 12.8. The van der Waals surface area contributed by atoms with Crippen LogP contribution >= 0.6 is 0 Å². The molecule has 1 fully saturated rings. The number of aromatic amines is 2. The number of ether oxygens (including phenoxy) is 2. The van der Waals surface area contributed by atoms with Crippen molar-refractivity contribution in [2.24, 2.45) is 0 Å². The smallest absolute Gasteiger partial charge is 0.332 e. The fraction of sp³-hybridized carbons (Fsp3) is 0.294. The summed E-state index contributed by atoms with van der Waals surface area (Å²) in [4.78, 5) is 56.1. The molecule has 0 bridgehead atoms. The van der Waals surface area contributed by atoms with Crippen molar-refractivity contribution in [3.05, 3.63) is 34.4 Å². The van der Waals surface area contributed by atoms with Crippen LogP contribution in [0.25, 0.3) is 11.3 Å². The quantitative estimate of drug-likeness (QED) is 0.752. The summed E-state index contributed by atoms with van der Waals surface area (Å²) in [6.45, 7) is 0. The molecule has 0 saturated carbocycles. The predicted octanol–water partition coefficient (Wildman–Crippen LogP) is 0.521. The molecular formula is C17H18N4O6. The second-order valence-electron chi connectivity index (χ2n) is 5.92. The molecule has 0 radical (unpaired) electrons. The monoisotopic (exact) mass is 374 g/mol. The lowest BCUT2D eigenvalue weighted by Gasteiger charge is -2.32. The normalized spacial score (nSPS) is 15.5. The zero-order valence-electron chi connectivity index (χ0n) is 15.2. The van der Waals surface area contributed by atoms with Crippen LogP contribution in [0.4, 0.5) is 4.79 Å². The largest absolute Gasteiger partial charge is 0.496 e. The van der Waals surface area contributed by atoms with Crippen LogP contribution in [-0.4, -0.2) is 65.9 Å². The van der Waals surface area contributed by atoms with Crippen LogP contribution in [-0.2, 0) is 9.59 Å². The summed E-state index contributed by atoms with van der Waals surface area (Å²) in [6, 6.07) is 4.26. The van der Waals surface area contributed by atoms with E-state index in [4.69, 9.17) is 9.47 Å². The Balaban J connectivity index is 2.25. The maximum absolute atomic E-state index is 12.7. The summed E-state index contributed by atoms with van der Waals surface area (Å²) < 4.78 is 10.7. The van der Waals surface area contributed by atoms with Crippen molar-refractivity contribution >= 4 is 17.8 Å². The van der Waals surface area contributed by atoms with Crippen LogP contribution in [0.5, 0.6) is 11.5 Å². The Labute approximate surface area is 153 Å². The van der Waals surface area contributed by atoms with Gasteiger partial charge in [-0.2, -0.15) is 0 Å². The van der Waals surface area contributed by atoms with E-state index in [1.54, 1.807) is 18.2 Å². The number of nitrogens with zero attached hydrogens (tertiary/aromatic N) is 2. The number of imide groups is 2. The first-order valence-electron chi connectivity index (χ1n) is 7.94. The van der Waals surface area contributed by atoms with Crippen molar-refractivity contribution in [3.8, 4) is 22.8 Å². The van der Waals surface area contributed by atoms with E-state index >= 15 is 0 Å². The van der Waals surface area contributed by atoms with Crippen LogP contribution in [0.1, 0.15) is 11.6 Å². The van der Waals surface area contributed by atoms with E-state index in [2.05, 4.69) is 9.97 Å². The Bertz CT molecular complexity index is 945. The standard InChI is InChI=1S/C17H18N4O6/c1-20-14(22)11(15(23)21(2)17(20)25)13-12(18-16(24)19-13)10-8(26-3)6-5-7-9(10)27-4/h5-7,11H,1-4H3,(H2,18,19,24). The Morgan fingerprint density at radius 2 is 1.41 bits per heavy atom. The van der Waals surface area contributed by atoms with E-state index in [-0.39, 0.29) is 11.4 Å². The molecule has 1 saturated heterocycles. The van der Waals surface area contributed by atoms with Gasteiger partial charge < -0.3 is 19.4 Å². The lowest BCUT2D eigenvalue weighted by Crippen LogP contribution is -2.55. The number of urea groups is 1. The molecule has 2 heterocycles. The van der Waals surface area contributed by atoms with Crippen LogP contribution < -0.4 is 15.2 Å². The summed E-state index contributed by atoms with van der Waals surface area (Å²) in [5.41, 5.74) is -0.0319. The number of methoxy groups -OCH3 is 2. The number of rotatable bonds is 4. The number of benzene rings is 1. The zero-order chi connectivity index (χ0) is 19.9. The van der Waals surface area contributed by atoms with E-state index in [1.807, 2.05) is 0 Å². The van der Waals surface area contributed by atoms with Gasteiger partial charge in [-0.15, -0.1) is 0 Å². The number of hydrogen-bond donors (Lipinski definition) is 2. The van der Waals surface area contributed by atoms with E-state index in [1.165, 1.54) is 28.3 Å². The van der Waals surface area contributed by atoms with Gasteiger partial charge >= 0.3 is 11.7 Å². The van der Waals surface area contributed by atoms with Crippen molar-refractivity contribution in [2.45, 2.75) is 5.92 Å². The molecule has 0 unspecified atom stereocenters. The average molecular weight is 374 g/mol. The molecule has 142 valence electrons. The molecule has 1 aliphatic rings. The molecule has 3 rings (SSSR count). The molecule has 0 aliphatic carbocycles. The maximum atomic E-state index is 12.7. The van der Waals surface area contributed by atoms with Gasteiger partial charge in [0.1, 0.15) is 11.5 Å². The molecular weight excluding hydrogens is 356 g/mol. The second kappa shape index (κ2) is 6.63. The highest BCUT2D eigenvalue weighted by molar-refractivity contribution is 6.19. The van der Waals surface area contributed by atoms with Crippen LogP contribution in [0.3, 0.4) is 0 Å². The Morgan fingerprint density at radius 3 is 1.89 bits per heavy atom. The lowest BCUT2D eigenvalue weighted by atomic mass is 9.95. The number of carbonyl (C=O) groups excluding carboxylic acids is 3. The third-order valence-corrected chi connectivity index (χ3v) is 4.45. The summed E-state index contributed by atoms with van der Waals surface area (Å²) in [6.07, 6.45) is 0. The molecule has 10 nitrogen and oxygen atoms in total. The van der Waals surface area contributed by atoms with Gasteiger partial charge in [-0.25, -0.2) is 9.59 Å². The minimum atomic E-state index is -1.39. The number of amides is 4. The first kappa shape index (κ1) is 18.2. The van der Waals surface area contributed by atoms with Gasteiger partial charge in [0.2, 0.25) is 11.8 Å². The summed E-state index contributed by atoms with van der Waals surface area (Å²) >= 11 is 0. The van der Waals surface area contributed by atoms with Crippen LogP contribution in [0.2, 0.25) is 0 Å². The van der Waals surface area contributed by atoms with Crippen molar-refractivity contribution in [1.82, 2.24) is 19.8 Å². The van der Waals surface area contributed by atoms with Gasteiger partial charge in [-0.3, -0.25) is 19.4 Å². The van der Waals surface area contributed by atoms with Gasteiger partial charge in [-0.05, 0) is 12.1 Å². The number of imidazole rings is 1. The number of nitrogens with one attached hydrogen (secondary N) is 2. The molecule has 27 heavy (non-hydrogen) atoms. The highest BCUT2D eigenvalue weighted by Gasteiger charge is 2.45. The number of barbiturate groups is 1. The van der Waals surface area contributed by atoms with Crippen LogP contribution in [0, 0.1) is 0 Å². The van der Waals surface area contributed by atoms with Gasteiger partial charge in [0.25, 0.3) is 0 Å². The summed E-state index contributed by atoms with van der Waals surface area (Å²) in [7, 11) is 5.43. The number of likely N-dealkylation sites (N-methyl/N-ethyl adjacent to an activating group) is 2. The van der Waals surface area contributed by atoms with Crippen LogP contribution in [0.15, 0.2) is 23.0 Å². The fourth-order valence-corrected chi connectivity index (χ4v) is 3.06. The van der Waals surface area contributed by atoms with Crippen molar-refractivity contribution in [2.75, 3.05) is 28.3 Å². The van der Waals surface area contributed by atoms with Gasteiger partial charge in [0, 0.05) is 14.1 Å². The molecule has 0 spiro atoms. The Morgan fingerprint density at radius 1 is 0.889 bits per heavy atom. The van der Waals surface area contributed by atoms with E-state index in [0.717, 1.165) is 9.80 Å². The van der Waals surface area contributed by atoms with Gasteiger partial charge in [0.05, 0.1) is 31.2 Å². The Hall–Kier alpha value is -3.56. The third-order valence-electron chi connectivity index (χ3n) is 4.45. The highest BCUT2D eigenvalue weighted by Crippen LogP contribution is 2.40. The number of H-pyrrole nitrogens is 2. The fourth-order valence-electron chi connectivity index (χ4n) is 3.06. The van der Waals surface area contributed by atoms with Crippen molar-refractivity contribution in [3.63, 3.8) is 0 Å². The summed E-state index contributed by atoms with van der Waals surface area (Å²) in [5, 5.41) is 0. The summed E-state index contributed by atoms with van der Waals surface area (Å²) in [5.74, 6) is -2.12. The maximum Gasteiger partial charge on any atom is 0.332 e. The predicted molar refractivity (Wildman–Crippen MR) is 93.6 cm³/mol.